The molecule has 0 unspecified atom stereocenters. The zero-order chi connectivity index (χ0) is 16.5. The molecular weight excluding hydrogens is 310 g/mol. The monoisotopic (exact) mass is 323 g/mol. The lowest BCUT2D eigenvalue weighted by molar-refractivity contribution is 0.386. The van der Waals surface area contributed by atoms with Gasteiger partial charge in [-0.25, -0.2) is 0 Å². The van der Waals surface area contributed by atoms with Crippen molar-refractivity contribution in [2.45, 2.75) is 0 Å². The number of ether oxygens (including phenoxy) is 2. The molecule has 8 nitrogen and oxygen atoms in total. The molecule has 0 fully saturated rings. The zero-order valence-corrected chi connectivity index (χ0v) is 13.0. The quantitative estimate of drug-likeness (QED) is 0.570. The highest BCUT2D eigenvalue weighted by atomic mass is 16.5. The second-order valence-electron chi connectivity index (χ2n) is 4.97. The lowest BCUT2D eigenvalue weighted by Gasteiger charge is -2.09. The Morgan fingerprint density at radius 3 is 2.58 bits per heavy atom. The van der Waals surface area contributed by atoms with Crippen LogP contribution in [-0.4, -0.2) is 39.0 Å². The molecule has 1 aromatic carbocycles. The van der Waals surface area contributed by atoms with Crippen LogP contribution in [0.5, 0.6) is 11.5 Å². The fraction of sp³-hybridized carbons (Fsp3) is 0.125. The third kappa shape index (κ3) is 2.24. The van der Waals surface area contributed by atoms with E-state index >= 15 is 0 Å². The maximum absolute atomic E-state index is 5.42. The van der Waals surface area contributed by atoms with Gasteiger partial charge in [-0.05, 0) is 24.3 Å². The maximum Gasteiger partial charge on any atom is 0.265 e. The lowest BCUT2D eigenvalue weighted by atomic mass is 10.1. The number of fused-ring (bicyclic) bond motifs is 1. The summed E-state index contributed by atoms with van der Waals surface area (Å²) >= 11 is 0. The van der Waals surface area contributed by atoms with E-state index in [-0.39, 0.29) is 0 Å². The van der Waals surface area contributed by atoms with Crippen LogP contribution in [0.25, 0.3) is 28.5 Å². The molecule has 24 heavy (non-hydrogen) atoms. The van der Waals surface area contributed by atoms with E-state index in [1.807, 2.05) is 36.5 Å². The molecule has 120 valence electrons. The molecule has 0 amide bonds. The number of hydrogen-bond donors (Lipinski definition) is 0. The Balaban J connectivity index is 1.80. The first-order valence-corrected chi connectivity index (χ1v) is 7.15. The SMILES string of the molecule is COc1cccc(OC)c1-c1nc(-c2ccc3nncn3c2)no1. The van der Waals surface area contributed by atoms with Gasteiger partial charge in [0.2, 0.25) is 5.82 Å². The smallest absolute Gasteiger partial charge is 0.265 e. The Morgan fingerprint density at radius 2 is 1.83 bits per heavy atom. The molecule has 0 N–H and O–H groups in total. The molecule has 0 aliphatic heterocycles. The van der Waals surface area contributed by atoms with E-state index in [2.05, 4.69) is 20.3 Å². The number of benzene rings is 1. The van der Waals surface area contributed by atoms with Gasteiger partial charge in [0, 0.05) is 11.8 Å². The summed E-state index contributed by atoms with van der Waals surface area (Å²) in [7, 11) is 3.16. The van der Waals surface area contributed by atoms with Crippen molar-refractivity contribution in [3.05, 3.63) is 42.9 Å². The van der Waals surface area contributed by atoms with E-state index in [9.17, 15) is 0 Å². The Labute approximate surface area is 136 Å². The minimum atomic E-state index is 0.322. The normalized spacial score (nSPS) is 10.9. The van der Waals surface area contributed by atoms with Crippen LogP contribution in [0.3, 0.4) is 0 Å². The van der Waals surface area contributed by atoms with Gasteiger partial charge < -0.3 is 14.0 Å². The molecule has 0 aliphatic carbocycles. The molecule has 3 aromatic heterocycles. The fourth-order valence-electron chi connectivity index (χ4n) is 2.46. The minimum absolute atomic E-state index is 0.322. The summed E-state index contributed by atoms with van der Waals surface area (Å²) in [6.45, 7) is 0. The number of rotatable bonds is 4. The summed E-state index contributed by atoms with van der Waals surface area (Å²) in [5.41, 5.74) is 2.15. The average molecular weight is 323 g/mol. The van der Waals surface area contributed by atoms with Gasteiger partial charge in [-0.15, -0.1) is 10.2 Å². The van der Waals surface area contributed by atoms with Crippen LogP contribution in [0.1, 0.15) is 0 Å². The highest BCUT2D eigenvalue weighted by Crippen LogP contribution is 2.37. The number of methoxy groups -OCH3 is 2. The first-order chi connectivity index (χ1) is 11.8. The third-order valence-corrected chi connectivity index (χ3v) is 3.62. The van der Waals surface area contributed by atoms with Crippen molar-refractivity contribution in [3.8, 4) is 34.3 Å². The zero-order valence-electron chi connectivity index (χ0n) is 13.0. The Bertz CT molecular complexity index is 986. The van der Waals surface area contributed by atoms with Crippen LogP contribution in [0, 0.1) is 0 Å². The van der Waals surface area contributed by atoms with E-state index in [1.54, 1.807) is 24.9 Å². The van der Waals surface area contributed by atoms with Gasteiger partial charge in [-0.1, -0.05) is 11.2 Å². The van der Waals surface area contributed by atoms with Crippen molar-refractivity contribution in [2.75, 3.05) is 14.2 Å². The summed E-state index contributed by atoms with van der Waals surface area (Å²) in [6, 6.07) is 9.15. The van der Waals surface area contributed by atoms with E-state index in [1.165, 1.54) is 0 Å². The van der Waals surface area contributed by atoms with Gasteiger partial charge >= 0.3 is 0 Å². The second kappa shape index (κ2) is 5.65. The molecule has 0 saturated heterocycles. The third-order valence-electron chi connectivity index (χ3n) is 3.62. The topological polar surface area (TPSA) is 87.6 Å². The van der Waals surface area contributed by atoms with Crippen LogP contribution in [0.2, 0.25) is 0 Å². The van der Waals surface area contributed by atoms with Crippen LogP contribution in [0.15, 0.2) is 47.4 Å². The molecular formula is C16H13N5O3. The lowest BCUT2D eigenvalue weighted by Crippen LogP contribution is -1.93. The molecule has 4 aromatic rings. The maximum atomic E-state index is 5.42. The van der Waals surface area contributed by atoms with E-state index < -0.39 is 0 Å². The summed E-state index contributed by atoms with van der Waals surface area (Å²) < 4.78 is 18.0. The highest BCUT2D eigenvalue weighted by Gasteiger charge is 2.19. The molecule has 0 saturated carbocycles. The number of aromatic nitrogens is 5. The van der Waals surface area contributed by atoms with Crippen molar-refractivity contribution in [1.29, 1.82) is 0 Å². The van der Waals surface area contributed by atoms with Gasteiger partial charge in [-0.3, -0.25) is 4.40 Å². The summed E-state index contributed by atoms with van der Waals surface area (Å²) in [6.07, 6.45) is 3.45. The molecule has 0 bridgehead atoms. The first kappa shape index (κ1) is 14.2. The van der Waals surface area contributed by atoms with E-state index in [0.717, 1.165) is 11.2 Å². The van der Waals surface area contributed by atoms with Crippen LogP contribution < -0.4 is 9.47 Å². The van der Waals surface area contributed by atoms with Crippen molar-refractivity contribution in [1.82, 2.24) is 24.7 Å². The summed E-state index contributed by atoms with van der Waals surface area (Å²) in [5, 5.41) is 11.9. The van der Waals surface area contributed by atoms with Crippen molar-refractivity contribution >= 4 is 5.65 Å². The van der Waals surface area contributed by atoms with E-state index in [4.69, 9.17) is 14.0 Å². The van der Waals surface area contributed by atoms with E-state index in [0.29, 0.717) is 28.8 Å². The minimum Gasteiger partial charge on any atom is -0.496 e. The van der Waals surface area contributed by atoms with Crippen LogP contribution in [-0.2, 0) is 0 Å². The second-order valence-corrected chi connectivity index (χ2v) is 4.97. The number of pyridine rings is 1. The summed E-state index contributed by atoms with van der Waals surface area (Å²) in [5.74, 6) is 1.97. The Hall–Kier alpha value is -3.42. The Kier molecular flexibility index (Phi) is 3.34. The van der Waals surface area contributed by atoms with Crippen molar-refractivity contribution in [3.63, 3.8) is 0 Å². The molecule has 0 radical (unpaired) electrons. The predicted molar refractivity (Wildman–Crippen MR) is 84.8 cm³/mol. The van der Waals surface area contributed by atoms with Gasteiger partial charge in [-0.2, -0.15) is 4.98 Å². The molecule has 0 spiro atoms. The molecule has 3 heterocycles. The number of nitrogens with zero attached hydrogens (tertiary/aromatic N) is 5. The van der Waals surface area contributed by atoms with Gasteiger partial charge in [0.25, 0.3) is 5.89 Å². The van der Waals surface area contributed by atoms with Gasteiger partial charge in [0.1, 0.15) is 23.4 Å². The standard InChI is InChI=1S/C16H13N5O3/c1-22-11-4-3-5-12(23-2)14(11)16-18-15(20-24-16)10-6-7-13-19-17-9-21(13)8-10/h3-9H,1-2H3. The first-order valence-electron chi connectivity index (χ1n) is 7.15. The molecule has 0 atom stereocenters. The van der Waals surface area contributed by atoms with Crippen LogP contribution >= 0.6 is 0 Å². The molecule has 8 heteroatoms. The Morgan fingerprint density at radius 1 is 1.04 bits per heavy atom. The predicted octanol–water partition coefficient (Wildman–Crippen LogP) is 2.46. The van der Waals surface area contributed by atoms with Gasteiger partial charge in [0.15, 0.2) is 5.65 Å². The highest BCUT2D eigenvalue weighted by molar-refractivity contribution is 5.72. The number of hydrogen-bond acceptors (Lipinski definition) is 7. The summed E-state index contributed by atoms with van der Waals surface area (Å²) in [4.78, 5) is 4.47. The van der Waals surface area contributed by atoms with Gasteiger partial charge in [0.05, 0.1) is 14.2 Å². The molecule has 0 aliphatic rings. The van der Waals surface area contributed by atoms with Crippen molar-refractivity contribution in [2.24, 2.45) is 0 Å². The van der Waals surface area contributed by atoms with Crippen molar-refractivity contribution < 1.29 is 14.0 Å². The fourth-order valence-corrected chi connectivity index (χ4v) is 2.46. The molecule has 4 rings (SSSR count). The average Bonchev–Trinajstić information content (AvgIpc) is 3.29. The largest absolute Gasteiger partial charge is 0.496 e. The van der Waals surface area contributed by atoms with Crippen LogP contribution in [0.4, 0.5) is 0 Å².